The van der Waals surface area contributed by atoms with Crippen LogP contribution in [0, 0.1) is 6.92 Å². The fraction of sp³-hybridized carbons (Fsp3) is 0.771. The van der Waals surface area contributed by atoms with Gasteiger partial charge in [-0.3, -0.25) is 4.90 Å². The summed E-state index contributed by atoms with van der Waals surface area (Å²) < 4.78 is 32.6. The third-order valence-electron chi connectivity index (χ3n) is 15.4. The fourth-order valence-corrected chi connectivity index (χ4v) is 12.1. The molecule has 4 atom stereocenters. The van der Waals surface area contributed by atoms with Gasteiger partial charge in [0.1, 0.15) is 5.82 Å². The van der Waals surface area contributed by atoms with E-state index in [1.807, 2.05) is 6.07 Å². The summed E-state index contributed by atoms with van der Waals surface area (Å²) in [7, 11) is -8.81. The van der Waals surface area contributed by atoms with Crippen LogP contribution in [0.1, 0.15) is 115 Å². The van der Waals surface area contributed by atoms with Gasteiger partial charge in [0.25, 0.3) is 0 Å². The van der Waals surface area contributed by atoms with E-state index in [0.29, 0.717) is 6.61 Å². The van der Waals surface area contributed by atoms with Crippen LogP contribution in [-0.4, -0.2) is 102 Å². The molecule has 0 aliphatic carbocycles. The molecule has 0 amide bonds. The number of fused-ring (bicyclic) bond motifs is 1. The molecule has 346 valence electrons. The average molecular weight is 913 g/mol. The van der Waals surface area contributed by atoms with Crippen LogP contribution >= 0.6 is 0 Å². The molecule has 1 fully saturated rings. The smallest absolute Gasteiger partial charge is 0.192 e. The van der Waals surface area contributed by atoms with Crippen LogP contribution < -0.4 is 0 Å². The van der Waals surface area contributed by atoms with E-state index in [9.17, 15) is 0 Å². The molecule has 3 unspecified atom stereocenters. The molecule has 1 aliphatic heterocycles. The van der Waals surface area contributed by atoms with E-state index < -0.39 is 33.3 Å². The summed E-state index contributed by atoms with van der Waals surface area (Å²) in [6, 6.07) is 8.31. The molecule has 9 nitrogen and oxygen atoms in total. The van der Waals surface area contributed by atoms with Gasteiger partial charge in [0.05, 0.1) is 42.0 Å². The molecule has 0 bridgehead atoms. The first-order chi connectivity index (χ1) is 27.7. The van der Waals surface area contributed by atoms with Gasteiger partial charge in [-0.25, -0.2) is 15.0 Å². The maximum Gasteiger partial charge on any atom is 0.192 e. The number of benzene rings is 1. The van der Waals surface area contributed by atoms with Gasteiger partial charge in [0, 0.05) is 31.0 Å². The van der Waals surface area contributed by atoms with Gasteiger partial charge in [-0.1, -0.05) is 95.9 Å². The second-order valence-corrected chi connectivity index (χ2v) is 43.3. The summed E-state index contributed by atoms with van der Waals surface area (Å²) in [5.41, 5.74) is 3.17. The number of rotatable bonds is 17. The molecule has 0 N–H and O–H groups in total. The molecule has 13 heteroatoms. The zero-order valence-corrected chi connectivity index (χ0v) is 46.8. The lowest BCUT2D eigenvalue weighted by atomic mass is 9.94. The molecule has 0 spiro atoms. The van der Waals surface area contributed by atoms with Gasteiger partial charge in [-0.05, 0) is 123 Å². The van der Waals surface area contributed by atoms with Gasteiger partial charge < -0.3 is 22.3 Å². The number of hydrogen-bond donors (Lipinski definition) is 0. The molecule has 1 aromatic carbocycles. The summed E-state index contributed by atoms with van der Waals surface area (Å²) in [4.78, 5) is 16.5. The minimum absolute atomic E-state index is 0.0366. The molecular weight excluding hydrogens is 823 g/mol. The standard InChI is InChI=1S/C48H89N5O4Si4/c1-36-51-38-33-37(44-49-29-26-30-50-44)27-28-39(38)53(36)32-25-23-22-24-31-52-34-41(55-59(16,17)46(5,6)7)43(57-61(20,21)48(11,12)13)42(56-60(18,19)47(8,9)10)40(52)35-54-58(14,15)45(2,3)4/h26-30,33,40-43H,22-25,31-32,34-35H2,1-21H3/t40-,41?,42?,43?/m1/s1. The normalized spacial score (nSPS) is 20.8. The number of likely N-dealkylation sites (tertiary alicyclic amines) is 1. The second kappa shape index (κ2) is 19.1. The highest BCUT2D eigenvalue weighted by atomic mass is 28.4. The van der Waals surface area contributed by atoms with E-state index in [2.05, 4.69) is 180 Å². The predicted molar refractivity (Wildman–Crippen MR) is 269 cm³/mol. The first-order valence-corrected chi connectivity index (χ1v) is 35.0. The number of unbranched alkanes of at least 4 members (excludes halogenated alkanes) is 3. The number of hydrogen-bond acceptors (Lipinski definition) is 8. The van der Waals surface area contributed by atoms with Crippen LogP contribution in [0.15, 0.2) is 36.7 Å². The van der Waals surface area contributed by atoms with E-state index in [1.165, 1.54) is 5.52 Å². The van der Waals surface area contributed by atoms with Crippen molar-refractivity contribution in [2.45, 2.75) is 219 Å². The number of aromatic nitrogens is 4. The Hall–Kier alpha value is -1.56. The maximum atomic E-state index is 7.75. The number of aryl methyl sites for hydroxylation is 2. The lowest BCUT2D eigenvalue weighted by Gasteiger charge is -2.56. The number of piperidine rings is 1. The number of imidazole rings is 1. The Bertz CT molecular complexity index is 1870. The Morgan fingerprint density at radius 3 is 1.64 bits per heavy atom. The first-order valence-electron chi connectivity index (χ1n) is 23.3. The molecule has 0 radical (unpaired) electrons. The molecule has 1 aliphatic rings. The Morgan fingerprint density at radius 1 is 0.623 bits per heavy atom. The quantitative estimate of drug-likeness (QED) is 0.0978. The van der Waals surface area contributed by atoms with Crippen molar-refractivity contribution in [2.24, 2.45) is 0 Å². The highest BCUT2D eigenvalue weighted by Crippen LogP contribution is 2.46. The van der Waals surface area contributed by atoms with Gasteiger partial charge in [-0.15, -0.1) is 0 Å². The van der Waals surface area contributed by atoms with Gasteiger partial charge in [0.2, 0.25) is 0 Å². The largest absolute Gasteiger partial charge is 0.415 e. The SMILES string of the molecule is Cc1nc2cc(-c3ncccn3)ccc2n1CCCCCCN1CC(O[Si](C)(C)C(C)(C)C)C(O[Si](C)(C)C(C)(C)C)C(O[Si](C)(C)C(C)(C)C)[C@H]1CO[Si](C)(C)C(C)(C)C. The van der Waals surface area contributed by atoms with Gasteiger partial charge >= 0.3 is 0 Å². The van der Waals surface area contributed by atoms with Crippen LogP contribution in [0.25, 0.3) is 22.4 Å². The molecule has 0 saturated carbocycles. The van der Waals surface area contributed by atoms with E-state index in [0.717, 1.165) is 68.0 Å². The van der Waals surface area contributed by atoms with E-state index in [1.54, 1.807) is 12.4 Å². The summed E-state index contributed by atoms with van der Waals surface area (Å²) >= 11 is 0. The Morgan fingerprint density at radius 2 is 1.11 bits per heavy atom. The highest BCUT2D eigenvalue weighted by Gasteiger charge is 2.55. The molecule has 3 aromatic rings. The Kier molecular flexibility index (Phi) is 16.3. The van der Waals surface area contributed by atoms with Crippen LogP contribution in [0.3, 0.4) is 0 Å². The fourth-order valence-electron chi connectivity index (χ4n) is 7.12. The van der Waals surface area contributed by atoms with Crippen molar-refractivity contribution in [2.75, 3.05) is 19.7 Å². The lowest BCUT2D eigenvalue weighted by Crippen LogP contribution is -2.70. The monoisotopic (exact) mass is 912 g/mol. The summed E-state index contributed by atoms with van der Waals surface area (Å²) in [6.07, 6.45) is 7.63. The Balaban J connectivity index is 1.65. The predicted octanol–water partition coefficient (Wildman–Crippen LogP) is 13.2. The highest BCUT2D eigenvalue weighted by molar-refractivity contribution is 6.75. The third-order valence-corrected chi connectivity index (χ3v) is 33.4. The van der Waals surface area contributed by atoms with Crippen LogP contribution in [-0.2, 0) is 24.2 Å². The van der Waals surface area contributed by atoms with E-state index in [-0.39, 0.29) is 44.5 Å². The zero-order chi connectivity index (χ0) is 46.2. The van der Waals surface area contributed by atoms with Crippen molar-refractivity contribution in [1.29, 1.82) is 0 Å². The second-order valence-electron chi connectivity index (χ2n) is 24.2. The molecule has 3 heterocycles. The van der Waals surface area contributed by atoms with Crippen LogP contribution in [0.5, 0.6) is 0 Å². The van der Waals surface area contributed by atoms with Crippen molar-refractivity contribution < 1.29 is 17.7 Å². The van der Waals surface area contributed by atoms with Gasteiger partial charge in [-0.2, -0.15) is 0 Å². The van der Waals surface area contributed by atoms with Crippen molar-refractivity contribution in [3.8, 4) is 11.4 Å². The van der Waals surface area contributed by atoms with E-state index in [4.69, 9.17) is 22.7 Å². The zero-order valence-electron chi connectivity index (χ0n) is 42.8. The minimum atomic E-state index is -2.28. The van der Waals surface area contributed by atoms with Crippen LogP contribution in [0.2, 0.25) is 72.5 Å². The maximum absolute atomic E-state index is 7.75. The van der Waals surface area contributed by atoms with Crippen LogP contribution in [0.4, 0.5) is 0 Å². The van der Waals surface area contributed by atoms with Crippen molar-refractivity contribution >= 4 is 44.3 Å². The van der Waals surface area contributed by atoms with E-state index >= 15 is 0 Å². The lowest BCUT2D eigenvalue weighted by molar-refractivity contribution is -0.128. The molecule has 4 rings (SSSR count). The average Bonchev–Trinajstić information content (AvgIpc) is 3.42. The topological polar surface area (TPSA) is 83.8 Å². The molecule has 61 heavy (non-hydrogen) atoms. The Labute approximate surface area is 377 Å². The van der Waals surface area contributed by atoms with Crippen molar-refractivity contribution in [1.82, 2.24) is 24.4 Å². The molecule has 1 saturated heterocycles. The minimum Gasteiger partial charge on any atom is -0.415 e. The summed E-state index contributed by atoms with van der Waals surface area (Å²) in [5, 5.41) is 0.247. The van der Waals surface area contributed by atoms with Crippen molar-refractivity contribution in [3.63, 3.8) is 0 Å². The van der Waals surface area contributed by atoms with Gasteiger partial charge in [0.15, 0.2) is 39.1 Å². The molecule has 2 aromatic heterocycles. The van der Waals surface area contributed by atoms with Crippen molar-refractivity contribution in [3.05, 3.63) is 42.5 Å². The first kappa shape index (κ1) is 52.1. The third kappa shape index (κ3) is 12.6. The number of nitrogens with zero attached hydrogens (tertiary/aromatic N) is 5. The summed E-state index contributed by atoms with van der Waals surface area (Å²) in [6.45, 7) is 53.0. The summed E-state index contributed by atoms with van der Waals surface area (Å²) in [5.74, 6) is 1.78. The molecular formula is C48H89N5O4Si4.